The van der Waals surface area contributed by atoms with E-state index in [0.717, 1.165) is 0 Å². The maximum absolute atomic E-state index is 11.0. The lowest BCUT2D eigenvalue weighted by molar-refractivity contribution is 0.967. The summed E-state index contributed by atoms with van der Waals surface area (Å²) in [5, 5.41) is 8.70. The molecule has 4 nitrogen and oxygen atoms in total. The summed E-state index contributed by atoms with van der Waals surface area (Å²) in [5.41, 5.74) is 0.00625. The summed E-state index contributed by atoms with van der Waals surface area (Å²) in [6.45, 7) is 1.78. The summed E-state index contributed by atoms with van der Waals surface area (Å²) in [4.78, 5) is 11.0. The number of halogens is 1. The molecular formula is C8H8ClN3O. The highest BCUT2D eigenvalue weighted by atomic mass is 35.5. The molecule has 68 valence electrons. The second kappa shape index (κ2) is 3.97. The normalized spacial score (nSPS) is 11.8. The highest BCUT2D eigenvalue weighted by molar-refractivity contribution is 6.32. The topological polar surface area (TPSA) is 57.8 Å². The van der Waals surface area contributed by atoms with E-state index in [0.29, 0.717) is 5.69 Å². The number of terminal acetylenes is 1. The molecule has 0 amide bonds. The van der Waals surface area contributed by atoms with Crippen LogP contribution < -0.4 is 10.9 Å². The van der Waals surface area contributed by atoms with E-state index in [1.165, 1.54) is 6.20 Å². The van der Waals surface area contributed by atoms with Crippen LogP contribution in [0.25, 0.3) is 0 Å². The number of nitrogens with one attached hydrogen (secondary N) is 2. The van der Waals surface area contributed by atoms with E-state index in [2.05, 4.69) is 21.4 Å². The van der Waals surface area contributed by atoms with E-state index < -0.39 is 5.56 Å². The molecule has 0 radical (unpaired) electrons. The smallest absolute Gasteiger partial charge is 0.285 e. The summed E-state index contributed by atoms with van der Waals surface area (Å²) >= 11 is 5.68. The first-order valence-electron chi connectivity index (χ1n) is 3.61. The van der Waals surface area contributed by atoms with E-state index in [-0.39, 0.29) is 11.1 Å². The number of nitrogens with zero attached hydrogens (tertiary/aromatic N) is 1. The number of H-pyrrole nitrogens is 1. The molecule has 1 heterocycles. The highest BCUT2D eigenvalue weighted by Gasteiger charge is 2.05. The van der Waals surface area contributed by atoms with Crippen molar-refractivity contribution >= 4 is 17.3 Å². The van der Waals surface area contributed by atoms with Crippen molar-refractivity contribution in [1.29, 1.82) is 0 Å². The molecule has 1 aromatic rings. The molecule has 0 aliphatic rings. The third kappa shape index (κ3) is 2.23. The van der Waals surface area contributed by atoms with Crippen molar-refractivity contribution < 1.29 is 0 Å². The molecule has 1 atom stereocenters. The summed E-state index contributed by atoms with van der Waals surface area (Å²) in [6.07, 6.45) is 6.56. The van der Waals surface area contributed by atoms with E-state index in [9.17, 15) is 4.79 Å². The average Bonchev–Trinajstić information content (AvgIpc) is 2.13. The molecule has 0 aliphatic carbocycles. The molecule has 0 spiro atoms. The molecule has 5 heteroatoms. The first kappa shape index (κ1) is 9.62. The lowest BCUT2D eigenvalue weighted by Gasteiger charge is -2.08. The summed E-state index contributed by atoms with van der Waals surface area (Å²) in [5.74, 6) is 2.45. The average molecular weight is 198 g/mol. The predicted octanol–water partition coefficient (Wildman–Crippen LogP) is 0.857. The Hall–Kier alpha value is -1.47. The van der Waals surface area contributed by atoms with Gasteiger partial charge in [-0.15, -0.1) is 6.42 Å². The Morgan fingerprint density at radius 1 is 1.85 bits per heavy atom. The van der Waals surface area contributed by atoms with Gasteiger partial charge in [-0.3, -0.25) is 4.79 Å². The third-order valence-corrected chi connectivity index (χ3v) is 1.79. The van der Waals surface area contributed by atoms with Crippen LogP contribution in [0.4, 0.5) is 5.69 Å². The Morgan fingerprint density at radius 3 is 3.15 bits per heavy atom. The van der Waals surface area contributed by atoms with Crippen molar-refractivity contribution in [1.82, 2.24) is 10.2 Å². The minimum atomic E-state index is -0.434. The molecule has 0 saturated carbocycles. The predicted molar refractivity (Wildman–Crippen MR) is 51.8 cm³/mol. The van der Waals surface area contributed by atoms with Crippen LogP contribution in [0.2, 0.25) is 5.02 Å². The quantitative estimate of drug-likeness (QED) is 0.692. The fraction of sp³-hybridized carbons (Fsp3) is 0.250. The van der Waals surface area contributed by atoms with Gasteiger partial charge in [0.25, 0.3) is 5.56 Å². The van der Waals surface area contributed by atoms with Gasteiger partial charge in [0.1, 0.15) is 5.02 Å². The van der Waals surface area contributed by atoms with Crippen molar-refractivity contribution in [2.24, 2.45) is 0 Å². The van der Waals surface area contributed by atoms with Gasteiger partial charge in [-0.2, -0.15) is 5.10 Å². The van der Waals surface area contributed by atoms with Gasteiger partial charge in [0.05, 0.1) is 17.9 Å². The fourth-order valence-corrected chi connectivity index (χ4v) is 0.905. The molecular weight excluding hydrogens is 190 g/mol. The Bertz CT molecular complexity index is 393. The van der Waals surface area contributed by atoms with Gasteiger partial charge >= 0.3 is 0 Å². The second-order valence-corrected chi connectivity index (χ2v) is 2.84. The van der Waals surface area contributed by atoms with Crippen LogP contribution in [0.15, 0.2) is 11.0 Å². The fourth-order valence-electron chi connectivity index (χ4n) is 0.759. The van der Waals surface area contributed by atoms with Crippen LogP contribution in [0.1, 0.15) is 6.92 Å². The van der Waals surface area contributed by atoms with Crippen LogP contribution in [0.3, 0.4) is 0 Å². The Kier molecular flexibility index (Phi) is 2.93. The monoisotopic (exact) mass is 197 g/mol. The molecule has 1 rings (SSSR count). The van der Waals surface area contributed by atoms with Gasteiger partial charge in [-0.1, -0.05) is 17.5 Å². The second-order valence-electron chi connectivity index (χ2n) is 2.46. The van der Waals surface area contributed by atoms with Crippen LogP contribution in [0.5, 0.6) is 0 Å². The Labute approximate surface area is 80.3 Å². The minimum absolute atomic E-state index is 0.0668. The van der Waals surface area contributed by atoms with Crippen LogP contribution in [-0.2, 0) is 0 Å². The zero-order chi connectivity index (χ0) is 9.84. The number of hydrogen-bond acceptors (Lipinski definition) is 3. The highest BCUT2D eigenvalue weighted by Crippen LogP contribution is 2.14. The molecule has 13 heavy (non-hydrogen) atoms. The van der Waals surface area contributed by atoms with Crippen molar-refractivity contribution in [2.75, 3.05) is 5.32 Å². The summed E-state index contributed by atoms with van der Waals surface area (Å²) in [7, 11) is 0. The van der Waals surface area contributed by atoms with E-state index in [4.69, 9.17) is 18.0 Å². The van der Waals surface area contributed by atoms with E-state index in [1.807, 2.05) is 0 Å². The summed E-state index contributed by atoms with van der Waals surface area (Å²) in [6, 6.07) is -0.193. The molecule has 2 N–H and O–H groups in total. The van der Waals surface area contributed by atoms with E-state index in [1.54, 1.807) is 6.92 Å². The maximum Gasteiger partial charge on any atom is 0.285 e. The third-order valence-electron chi connectivity index (χ3n) is 1.42. The molecule has 0 aromatic carbocycles. The number of aromatic nitrogens is 2. The standard InChI is InChI=1S/C8H8ClN3O/c1-3-5(2)11-6-4-10-12-8(13)7(6)9/h1,4-5H,2H3,(H2,11,12,13). The lowest BCUT2D eigenvalue weighted by Crippen LogP contribution is -2.17. The molecule has 1 unspecified atom stereocenters. The number of anilines is 1. The van der Waals surface area contributed by atoms with Crippen LogP contribution in [0, 0.1) is 12.3 Å². The van der Waals surface area contributed by atoms with Gasteiger partial charge in [0.2, 0.25) is 0 Å². The van der Waals surface area contributed by atoms with Crippen molar-refractivity contribution in [3.05, 3.63) is 21.6 Å². The molecule has 0 aliphatic heterocycles. The minimum Gasteiger partial charge on any atom is -0.369 e. The van der Waals surface area contributed by atoms with Gasteiger partial charge in [-0.25, -0.2) is 5.10 Å². The van der Waals surface area contributed by atoms with Crippen LogP contribution in [-0.4, -0.2) is 16.2 Å². The first-order chi connectivity index (χ1) is 6.15. The molecule has 0 bridgehead atoms. The lowest BCUT2D eigenvalue weighted by atomic mass is 10.3. The number of aromatic amines is 1. The van der Waals surface area contributed by atoms with Gasteiger partial charge in [0, 0.05) is 0 Å². The van der Waals surface area contributed by atoms with Gasteiger partial charge in [0.15, 0.2) is 0 Å². The molecule has 0 fully saturated rings. The van der Waals surface area contributed by atoms with Crippen LogP contribution >= 0.6 is 11.6 Å². The Morgan fingerprint density at radius 2 is 2.54 bits per heavy atom. The zero-order valence-corrected chi connectivity index (χ0v) is 7.72. The number of hydrogen-bond donors (Lipinski definition) is 2. The van der Waals surface area contributed by atoms with Crippen molar-refractivity contribution in [2.45, 2.75) is 13.0 Å². The molecule has 1 aromatic heterocycles. The zero-order valence-electron chi connectivity index (χ0n) is 6.97. The van der Waals surface area contributed by atoms with Crippen molar-refractivity contribution in [3.63, 3.8) is 0 Å². The van der Waals surface area contributed by atoms with Crippen molar-refractivity contribution in [3.8, 4) is 12.3 Å². The number of rotatable bonds is 2. The van der Waals surface area contributed by atoms with Gasteiger partial charge in [-0.05, 0) is 6.92 Å². The van der Waals surface area contributed by atoms with E-state index >= 15 is 0 Å². The maximum atomic E-state index is 11.0. The first-order valence-corrected chi connectivity index (χ1v) is 3.98. The summed E-state index contributed by atoms with van der Waals surface area (Å²) < 4.78 is 0. The molecule has 0 saturated heterocycles. The Balaban J connectivity index is 2.97. The largest absolute Gasteiger partial charge is 0.369 e. The van der Waals surface area contributed by atoms with Gasteiger partial charge < -0.3 is 5.32 Å². The SMILES string of the molecule is C#CC(C)Nc1cn[nH]c(=O)c1Cl.